The number of hydrogen-bond donors (Lipinski definition) is 1. The molecule has 0 aliphatic rings. The molecule has 0 saturated heterocycles. The Morgan fingerprint density at radius 1 is 1.07 bits per heavy atom. The van der Waals surface area contributed by atoms with Crippen LogP contribution in [0.15, 0.2) is 42.5 Å². The number of amides is 1. The molecule has 148 valence electrons. The number of carbonyl (C=O) groups is 1. The van der Waals surface area contributed by atoms with Gasteiger partial charge in [0, 0.05) is 13.0 Å². The molecule has 0 radical (unpaired) electrons. The molecule has 0 aliphatic heterocycles. The molecule has 28 heavy (non-hydrogen) atoms. The van der Waals surface area contributed by atoms with Crippen LogP contribution in [0.25, 0.3) is 0 Å². The predicted molar refractivity (Wildman–Crippen MR) is 113 cm³/mol. The molecule has 0 saturated carbocycles. The monoisotopic (exact) mass is 379 g/mol. The van der Waals surface area contributed by atoms with Crippen LogP contribution in [-0.2, 0) is 23.2 Å². The summed E-state index contributed by atoms with van der Waals surface area (Å²) in [6.07, 6.45) is 6.25. The standard InChI is InChI=1S/C24H29NO3/c1-6-15-28-21-13-9-18(16-22(21)27-5)10-14-23(26)25-17-19-7-11-20(12-8-19)24(2,3)4/h1,7-9,11-13,16H,10,14-15,17H2,2-5H3,(H,25,26). The lowest BCUT2D eigenvalue weighted by molar-refractivity contribution is -0.121. The van der Waals surface area contributed by atoms with Crippen molar-refractivity contribution in [1.82, 2.24) is 5.32 Å². The molecule has 2 aromatic rings. The van der Waals surface area contributed by atoms with Crippen LogP contribution < -0.4 is 14.8 Å². The molecule has 0 spiro atoms. The molecule has 2 rings (SSSR count). The lowest BCUT2D eigenvalue weighted by atomic mass is 9.87. The summed E-state index contributed by atoms with van der Waals surface area (Å²) < 4.78 is 10.8. The Bertz CT molecular complexity index is 826. The second kappa shape index (κ2) is 9.85. The van der Waals surface area contributed by atoms with E-state index in [1.54, 1.807) is 7.11 Å². The summed E-state index contributed by atoms with van der Waals surface area (Å²) >= 11 is 0. The van der Waals surface area contributed by atoms with Crippen LogP contribution in [-0.4, -0.2) is 19.6 Å². The number of benzene rings is 2. The van der Waals surface area contributed by atoms with Crippen LogP contribution in [0.3, 0.4) is 0 Å². The molecule has 0 fully saturated rings. The van der Waals surface area contributed by atoms with E-state index in [2.05, 4.69) is 56.3 Å². The second-order valence-electron chi connectivity index (χ2n) is 7.70. The van der Waals surface area contributed by atoms with E-state index in [-0.39, 0.29) is 17.9 Å². The largest absolute Gasteiger partial charge is 0.493 e. The third kappa shape index (κ3) is 6.35. The molecule has 2 aromatic carbocycles. The lowest BCUT2D eigenvalue weighted by Crippen LogP contribution is -2.23. The topological polar surface area (TPSA) is 47.6 Å². The predicted octanol–water partition coefficient (Wildman–Crippen LogP) is 4.25. The van der Waals surface area contributed by atoms with E-state index in [1.165, 1.54) is 5.56 Å². The number of terminal acetylenes is 1. The Hall–Kier alpha value is -2.93. The number of hydrogen-bond acceptors (Lipinski definition) is 3. The van der Waals surface area contributed by atoms with Crippen molar-refractivity contribution < 1.29 is 14.3 Å². The summed E-state index contributed by atoms with van der Waals surface area (Å²) in [5, 5.41) is 2.98. The molecule has 4 nitrogen and oxygen atoms in total. The van der Waals surface area contributed by atoms with Gasteiger partial charge in [-0.2, -0.15) is 0 Å². The highest BCUT2D eigenvalue weighted by atomic mass is 16.5. The highest BCUT2D eigenvalue weighted by Gasteiger charge is 2.13. The van der Waals surface area contributed by atoms with E-state index in [0.29, 0.717) is 30.9 Å². The molecule has 0 heterocycles. The zero-order chi connectivity index (χ0) is 20.6. The van der Waals surface area contributed by atoms with Gasteiger partial charge in [-0.1, -0.05) is 57.0 Å². The van der Waals surface area contributed by atoms with Gasteiger partial charge in [-0.3, -0.25) is 4.79 Å². The number of ether oxygens (including phenoxy) is 2. The summed E-state index contributed by atoms with van der Waals surface area (Å²) in [4.78, 5) is 12.2. The van der Waals surface area contributed by atoms with E-state index in [9.17, 15) is 4.79 Å². The number of carbonyl (C=O) groups excluding carboxylic acids is 1. The van der Waals surface area contributed by atoms with Crippen molar-refractivity contribution in [2.45, 2.75) is 45.6 Å². The minimum Gasteiger partial charge on any atom is -0.493 e. The van der Waals surface area contributed by atoms with Gasteiger partial charge < -0.3 is 14.8 Å². The Kier molecular flexibility index (Phi) is 7.52. The molecule has 0 atom stereocenters. The van der Waals surface area contributed by atoms with Crippen LogP contribution in [0.2, 0.25) is 0 Å². The molecule has 0 unspecified atom stereocenters. The van der Waals surface area contributed by atoms with Gasteiger partial charge in [-0.05, 0) is 40.7 Å². The van der Waals surface area contributed by atoms with Crippen molar-refractivity contribution in [2.75, 3.05) is 13.7 Å². The number of nitrogens with one attached hydrogen (secondary N) is 1. The van der Waals surface area contributed by atoms with E-state index >= 15 is 0 Å². The fraction of sp³-hybridized carbons (Fsp3) is 0.375. The first-order valence-corrected chi connectivity index (χ1v) is 9.43. The Morgan fingerprint density at radius 2 is 1.75 bits per heavy atom. The summed E-state index contributed by atoms with van der Waals surface area (Å²) in [5.74, 6) is 3.67. The summed E-state index contributed by atoms with van der Waals surface area (Å²) in [5.41, 5.74) is 3.52. The first kappa shape index (κ1) is 21.4. The van der Waals surface area contributed by atoms with E-state index < -0.39 is 0 Å². The second-order valence-corrected chi connectivity index (χ2v) is 7.70. The van der Waals surface area contributed by atoms with Crippen molar-refractivity contribution >= 4 is 5.91 Å². The minimum atomic E-state index is 0.0199. The smallest absolute Gasteiger partial charge is 0.220 e. The third-order valence-electron chi connectivity index (χ3n) is 4.49. The Balaban J connectivity index is 1.84. The quantitative estimate of drug-likeness (QED) is 0.698. The van der Waals surface area contributed by atoms with Gasteiger partial charge in [0.25, 0.3) is 0 Å². The zero-order valence-corrected chi connectivity index (χ0v) is 17.2. The molecular formula is C24H29NO3. The summed E-state index contributed by atoms with van der Waals surface area (Å²) in [6.45, 7) is 7.28. The zero-order valence-electron chi connectivity index (χ0n) is 17.2. The molecule has 1 amide bonds. The van der Waals surface area contributed by atoms with Crippen LogP contribution in [0.4, 0.5) is 0 Å². The first-order valence-electron chi connectivity index (χ1n) is 9.43. The normalized spacial score (nSPS) is 10.8. The molecule has 0 aromatic heterocycles. The maximum atomic E-state index is 12.2. The highest BCUT2D eigenvalue weighted by molar-refractivity contribution is 5.76. The fourth-order valence-corrected chi connectivity index (χ4v) is 2.78. The van der Waals surface area contributed by atoms with Gasteiger partial charge in [0.05, 0.1) is 7.11 Å². The highest BCUT2D eigenvalue weighted by Crippen LogP contribution is 2.28. The van der Waals surface area contributed by atoms with Crippen LogP contribution in [0.5, 0.6) is 11.5 Å². The minimum absolute atomic E-state index is 0.0199. The van der Waals surface area contributed by atoms with Crippen molar-refractivity contribution in [3.05, 3.63) is 59.2 Å². The van der Waals surface area contributed by atoms with Gasteiger partial charge in [0.1, 0.15) is 6.61 Å². The van der Waals surface area contributed by atoms with Crippen LogP contribution in [0.1, 0.15) is 43.9 Å². The average Bonchev–Trinajstić information content (AvgIpc) is 2.69. The fourth-order valence-electron chi connectivity index (χ4n) is 2.78. The van der Waals surface area contributed by atoms with Crippen molar-refractivity contribution in [1.29, 1.82) is 0 Å². The number of rotatable bonds is 8. The van der Waals surface area contributed by atoms with Gasteiger partial charge in [0.2, 0.25) is 5.91 Å². The van der Waals surface area contributed by atoms with E-state index in [4.69, 9.17) is 15.9 Å². The van der Waals surface area contributed by atoms with Crippen molar-refractivity contribution in [3.8, 4) is 23.8 Å². The van der Waals surface area contributed by atoms with Crippen LogP contribution >= 0.6 is 0 Å². The summed E-state index contributed by atoms with van der Waals surface area (Å²) in [7, 11) is 1.58. The molecule has 0 aliphatic carbocycles. The van der Waals surface area contributed by atoms with Crippen LogP contribution in [0, 0.1) is 12.3 Å². The third-order valence-corrected chi connectivity index (χ3v) is 4.49. The average molecular weight is 380 g/mol. The molecule has 4 heteroatoms. The van der Waals surface area contributed by atoms with Gasteiger partial charge >= 0.3 is 0 Å². The van der Waals surface area contributed by atoms with Gasteiger partial charge in [-0.25, -0.2) is 0 Å². The maximum absolute atomic E-state index is 12.2. The first-order chi connectivity index (χ1) is 13.3. The van der Waals surface area contributed by atoms with E-state index in [0.717, 1.165) is 11.1 Å². The summed E-state index contributed by atoms with van der Waals surface area (Å²) in [6, 6.07) is 14.0. The number of aryl methyl sites for hydroxylation is 1. The maximum Gasteiger partial charge on any atom is 0.220 e. The van der Waals surface area contributed by atoms with Crippen molar-refractivity contribution in [3.63, 3.8) is 0 Å². The van der Waals surface area contributed by atoms with Gasteiger partial charge in [0.15, 0.2) is 11.5 Å². The SMILES string of the molecule is C#CCOc1ccc(CCC(=O)NCc2ccc(C(C)(C)C)cc2)cc1OC. The number of methoxy groups -OCH3 is 1. The molecule has 1 N–H and O–H groups in total. The molecular weight excluding hydrogens is 350 g/mol. The van der Waals surface area contributed by atoms with E-state index in [1.807, 2.05) is 18.2 Å². The van der Waals surface area contributed by atoms with Gasteiger partial charge in [-0.15, -0.1) is 6.42 Å². The molecule has 0 bridgehead atoms. The lowest BCUT2D eigenvalue weighted by Gasteiger charge is -2.19. The van der Waals surface area contributed by atoms with Crippen molar-refractivity contribution in [2.24, 2.45) is 0 Å². The Morgan fingerprint density at radius 3 is 2.36 bits per heavy atom. The Labute approximate surface area is 168 Å².